The van der Waals surface area contributed by atoms with Crippen LogP contribution in [0.3, 0.4) is 0 Å². The quantitative estimate of drug-likeness (QED) is 0.616. The predicted molar refractivity (Wildman–Crippen MR) is 118 cm³/mol. The lowest BCUT2D eigenvalue weighted by molar-refractivity contribution is -0.141. The van der Waals surface area contributed by atoms with Gasteiger partial charge < -0.3 is 24.6 Å². The summed E-state index contributed by atoms with van der Waals surface area (Å²) in [5.41, 5.74) is -1.15. The zero-order valence-corrected chi connectivity index (χ0v) is 19.0. The van der Waals surface area contributed by atoms with Crippen LogP contribution in [-0.4, -0.2) is 63.4 Å². The Labute approximate surface area is 197 Å². The van der Waals surface area contributed by atoms with Crippen molar-refractivity contribution in [2.24, 2.45) is 0 Å². The number of pyridine rings is 1. The number of carbonyl (C=O) groups is 2. The lowest BCUT2D eigenvalue weighted by atomic mass is 10.0. The fourth-order valence-corrected chi connectivity index (χ4v) is 5.11. The molecule has 0 radical (unpaired) electrons. The first kappa shape index (κ1) is 24.2. The molecule has 2 aliphatic rings. The van der Waals surface area contributed by atoms with Crippen molar-refractivity contribution >= 4 is 35.3 Å². The zero-order valence-electron chi connectivity index (χ0n) is 18.2. The van der Waals surface area contributed by atoms with E-state index in [4.69, 9.17) is 9.52 Å². The summed E-state index contributed by atoms with van der Waals surface area (Å²) in [5.74, 6) is -1.36. The highest BCUT2D eigenvalue weighted by atomic mass is 32.2. The molecule has 34 heavy (non-hydrogen) atoms. The van der Waals surface area contributed by atoms with E-state index < -0.39 is 29.6 Å². The average Bonchev–Trinajstić information content (AvgIpc) is 3.25. The number of piperazine rings is 1. The summed E-state index contributed by atoms with van der Waals surface area (Å²) in [5, 5.41) is 11.4. The first-order valence-electron chi connectivity index (χ1n) is 11.0. The van der Waals surface area contributed by atoms with Crippen LogP contribution in [0.25, 0.3) is 0 Å². The number of rotatable bonds is 5. The van der Waals surface area contributed by atoms with Crippen LogP contribution in [0.5, 0.6) is 0 Å². The molecule has 0 bridgehead atoms. The highest BCUT2D eigenvalue weighted by Crippen LogP contribution is 2.38. The molecular weight excluding hydrogens is 475 g/mol. The Morgan fingerprint density at radius 3 is 2.41 bits per heavy atom. The zero-order chi connectivity index (χ0) is 24.3. The smallest absolute Gasteiger partial charge is 0.437 e. The first-order chi connectivity index (χ1) is 16.2. The molecule has 2 aromatic rings. The van der Waals surface area contributed by atoms with E-state index in [-0.39, 0.29) is 16.2 Å². The van der Waals surface area contributed by atoms with Gasteiger partial charge in [0.2, 0.25) is 5.76 Å². The molecule has 2 N–H and O–H groups in total. The highest BCUT2D eigenvalue weighted by Gasteiger charge is 2.41. The third kappa shape index (κ3) is 5.75. The van der Waals surface area contributed by atoms with Crippen molar-refractivity contribution < 1.29 is 32.3 Å². The Bertz CT molecular complexity index is 1020. The second kappa shape index (κ2) is 10.1. The fraction of sp³-hybridized carbons (Fsp3) is 0.524. The van der Waals surface area contributed by atoms with Gasteiger partial charge in [-0.3, -0.25) is 4.79 Å². The summed E-state index contributed by atoms with van der Waals surface area (Å²) in [6.07, 6.45) is 0.400. The van der Waals surface area contributed by atoms with Crippen molar-refractivity contribution in [1.82, 2.24) is 14.9 Å². The number of hydrogen-bond acceptors (Lipinski definition) is 7. The van der Waals surface area contributed by atoms with Crippen LogP contribution < -0.4 is 10.2 Å². The maximum atomic E-state index is 13.5. The lowest BCUT2D eigenvalue weighted by Gasteiger charge is -2.33. The number of nitrogens with one attached hydrogen (secondary N) is 1. The topological polar surface area (TPSA) is 112 Å². The normalized spacial score (nSPS) is 17.6. The minimum absolute atomic E-state index is 0.124. The summed E-state index contributed by atoms with van der Waals surface area (Å²) in [6.45, 7) is 1.59. The van der Waals surface area contributed by atoms with Crippen LogP contribution in [-0.2, 0) is 6.18 Å². The Morgan fingerprint density at radius 2 is 1.82 bits per heavy atom. The minimum Gasteiger partial charge on any atom is -0.465 e. The number of oxazole rings is 1. The standard InChI is InChI=1S/C21H24F3N5O4S/c22-21(23,24)17-16(33-19(27-17)34-14-4-2-1-3-5-14)18(30)26-13-6-7-15(25-12-13)28-8-10-29(11-9-28)20(31)32/h6-7,12,14H,1-5,8-11H2,(H,26,30)(H,31,32). The van der Waals surface area contributed by atoms with E-state index in [9.17, 15) is 22.8 Å². The van der Waals surface area contributed by atoms with E-state index in [1.807, 2.05) is 4.90 Å². The molecular formula is C21H24F3N5O4S. The number of amides is 2. The summed E-state index contributed by atoms with van der Waals surface area (Å²) in [4.78, 5) is 34.7. The molecule has 13 heteroatoms. The Kier molecular flexibility index (Phi) is 7.19. The molecule has 9 nitrogen and oxygen atoms in total. The molecule has 0 aromatic carbocycles. The monoisotopic (exact) mass is 499 g/mol. The molecule has 3 heterocycles. The van der Waals surface area contributed by atoms with Crippen molar-refractivity contribution in [3.63, 3.8) is 0 Å². The van der Waals surface area contributed by atoms with Gasteiger partial charge >= 0.3 is 12.3 Å². The van der Waals surface area contributed by atoms with E-state index in [0.717, 1.165) is 43.9 Å². The fourth-order valence-electron chi connectivity index (χ4n) is 3.98. The Hall–Kier alpha value is -2.96. The third-order valence-corrected chi connectivity index (χ3v) is 6.96. The number of carboxylic acid groups (broad SMARTS) is 1. The molecule has 1 saturated carbocycles. The van der Waals surface area contributed by atoms with Crippen LogP contribution >= 0.6 is 11.8 Å². The van der Waals surface area contributed by atoms with Gasteiger partial charge in [0.25, 0.3) is 11.1 Å². The second-order valence-electron chi connectivity index (χ2n) is 8.15. The number of nitrogens with zero attached hydrogens (tertiary/aromatic N) is 4. The molecule has 4 rings (SSSR count). The number of carbonyl (C=O) groups excluding carboxylic acids is 1. The molecule has 1 aliphatic heterocycles. The van der Waals surface area contributed by atoms with Crippen LogP contribution in [0.2, 0.25) is 0 Å². The molecule has 0 atom stereocenters. The van der Waals surface area contributed by atoms with Gasteiger partial charge in [-0.2, -0.15) is 18.2 Å². The van der Waals surface area contributed by atoms with Gasteiger partial charge in [0.05, 0.1) is 11.9 Å². The molecule has 2 fully saturated rings. The number of aromatic nitrogens is 2. The van der Waals surface area contributed by atoms with Crippen LogP contribution in [0.1, 0.15) is 48.4 Å². The lowest BCUT2D eigenvalue weighted by Crippen LogP contribution is -2.48. The van der Waals surface area contributed by atoms with E-state index in [2.05, 4.69) is 15.3 Å². The van der Waals surface area contributed by atoms with Crippen molar-refractivity contribution in [2.45, 2.75) is 48.8 Å². The maximum absolute atomic E-state index is 13.5. The van der Waals surface area contributed by atoms with E-state index >= 15 is 0 Å². The summed E-state index contributed by atoms with van der Waals surface area (Å²) in [6, 6.07) is 3.13. The third-order valence-electron chi connectivity index (χ3n) is 5.78. The SMILES string of the molecule is O=C(Nc1ccc(N2CCN(C(=O)O)CC2)nc1)c1oc(SC2CCCCC2)nc1C(F)(F)F. The Balaban J connectivity index is 1.43. The second-order valence-corrected chi connectivity index (χ2v) is 9.40. The van der Waals surface area contributed by atoms with E-state index in [1.54, 1.807) is 6.07 Å². The average molecular weight is 500 g/mol. The number of hydrogen-bond donors (Lipinski definition) is 2. The minimum atomic E-state index is -4.83. The van der Waals surface area contributed by atoms with E-state index in [1.165, 1.54) is 17.2 Å². The first-order valence-corrected chi connectivity index (χ1v) is 11.8. The van der Waals surface area contributed by atoms with Crippen molar-refractivity contribution in [3.8, 4) is 0 Å². The summed E-state index contributed by atoms with van der Waals surface area (Å²) >= 11 is 1.14. The van der Waals surface area contributed by atoms with Gasteiger partial charge in [-0.05, 0) is 25.0 Å². The number of alkyl halides is 3. The highest BCUT2D eigenvalue weighted by molar-refractivity contribution is 7.99. The molecule has 1 saturated heterocycles. The van der Waals surface area contributed by atoms with Crippen LogP contribution in [0.4, 0.5) is 29.5 Å². The number of thioether (sulfide) groups is 1. The van der Waals surface area contributed by atoms with Crippen LogP contribution in [0.15, 0.2) is 28.0 Å². The molecule has 2 amide bonds. The van der Waals surface area contributed by atoms with Crippen LogP contribution in [0, 0.1) is 0 Å². The maximum Gasteiger partial charge on any atom is 0.437 e. The predicted octanol–water partition coefficient (Wildman–Crippen LogP) is 4.57. The Morgan fingerprint density at radius 1 is 1.12 bits per heavy atom. The van der Waals surface area contributed by atoms with E-state index in [0.29, 0.717) is 32.0 Å². The number of halogens is 3. The molecule has 0 spiro atoms. The van der Waals surface area contributed by atoms with Crippen molar-refractivity contribution in [2.75, 3.05) is 36.4 Å². The van der Waals surface area contributed by atoms with Gasteiger partial charge in [0, 0.05) is 31.4 Å². The molecule has 1 aliphatic carbocycles. The van der Waals surface area contributed by atoms with Gasteiger partial charge in [0.15, 0.2) is 5.69 Å². The molecule has 184 valence electrons. The van der Waals surface area contributed by atoms with Gasteiger partial charge in [-0.1, -0.05) is 31.0 Å². The number of anilines is 2. The van der Waals surface area contributed by atoms with Crippen molar-refractivity contribution in [1.29, 1.82) is 0 Å². The van der Waals surface area contributed by atoms with Crippen molar-refractivity contribution in [3.05, 3.63) is 29.8 Å². The largest absolute Gasteiger partial charge is 0.465 e. The summed E-state index contributed by atoms with van der Waals surface area (Å²) in [7, 11) is 0. The van der Waals surface area contributed by atoms with Gasteiger partial charge in [-0.15, -0.1) is 0 Å². The van der Waals surface area contributed by atoms with Gasteiger partial charge in [0.1, 0.15) is 5.82 Å². The van der Waals surface area contributed by atoms with Gasteiger partial charge in [-0.25, -0.2) is 9.78 Å². The molecule has 0 unspecified atom stereocenters. The summed E-state index contributed by atoms with van der Waals surface area (Å²) < 4.78 is 45.8. The molecule has 2 aromatic heterocycles.